The Morgan fingerprint density at radius 3 is 2.56 bits per heavy atom. The van der Waals surface area contributed by atoms with Crippen molar-refractivity contribution in [3.05, 3.63) is 0 Å². The number of hydrogen-bond acceptors (Lipinski definition) is 8. The molecule has 4 unspecified atom stereocenters. The zero-order valence-corrected chi connectivity index (χ0v) is 15.5. The summed E-state index contributed by atoms with van der Waals surface area (Å²) in [6.45, 7) is 5.24. The van der Waals surface area contributed by atoms with Gasteiger partial charge in [0.15, 0.2) is 11.9 Å². The average Bonchev–Trinajstić information content (AvgIpc) is 3.10. The molecule has 2 aliphatic rings. The molecule has 0 aromatic heterocycles. The van der Waals surface area contributed by atoms with Crippen LogP contribution in [0.3, 0.4) is 0 Å². The van der Waals surface area contributed by atoms with Crippen molar-refractivity contribution in [1.82, 2.24) is 0 Å². The highest BCUT2D eigenvalue weighted by Gasteiger charge is 2.37. The molecule has 0 N–H and O–H groups in total. The molecule has 140 valence electrons. The summed E-state index contributed by atoms with van der Waals surface area (Å²) < 4.78 is 15.4. The maximum absolute atomic E-state index is 12.1. The molecular formula is C17H24O7S. The Bertz CT molecular complexity index is 545. The maximum atomic E-state index is 12.1. The van der Waals surface area contributed by atoms with Crippen molar-refractivity contribution in [3.63, 3.8) is 0 Å². The molecule has 0 aromatic rings. The van der Waals surface area contributed by atoms with Gasteiger partial charge in [0.25, 0.3) is 0 Å². The lowest BCUT2D eigenvalue weighted by Gasteiger charge is -2.17. The monoisotopic (exact) mass is 372 g/mol. The molecule has 1 aliphatic heterocycles. The summed E-state index contributed by atoms with van der Waals surface area (Å²) in [5.74, 6) is -1.00. The van der Waals surface area contributed by atoms with Gasteiger partial charge in [-0.3, -0.25) is 14.4 Å². The molecule has 0 spiro atoms. The summed E-state index contributed by atoms with van der Waals surface area (Å²) in [6.07, 6.45) is 0.176. The van der Waals surface area contributed by atoms with Crippen LogP contribution in [0.1, 0.15) is 40.0 Å². The number of hydrogen-bond donors (Lipinski definition) is 0. The SMILES string of the molecule is CC(C)C(=O)OC1CC(CC(C)C(=O)OCC2CSC(=O)O2)CC1=O. The van der Waals surface area contributed by atoms with Crippen LogP contribution in [0.25, 0.3) is 0 Å². The lowest BCUT2D eigenvalue weighted by atomic mass is 9.94. The third-order valence-corrected chi connectivity index (χ3v) is 5.15. The molecule has 25 heavy (non-hydrogen) atoms. The number of ketones is 1. The van der Waals surface area contributed by atoms with E-state index in [1.165, 1.54) is 0 Å². The van der Waals surface area contributed by atoms with Gasteiger partial charge in [0.2, 0.25) is 0 Å². The second-order valence-electron chi connectivity index (χ2n) is 6.92. The molecule has 4 atom stereocenters. The van der Waals surface area contributed by atoms with Crippen LogP contribution in [0.4, 0.5) is 4.79 Å². The number of Topliss-reactive ketones (excluding diaryl/α,β-unsaturated/α-hetero) is 1. The van der Waals surface area contributed by atoms with Crippen molar-refractivity contribution in [3.8, 4) is 0 Å². The number of carbonyl (C=O) groups excluding carboxylic acids is 4. The van der Waals surface area contributed by atoms with E-state index in [4.69, 9.17) is 14.2 Å². The molecule has 0 amide bonds. The Balaban J connectivity index is 1.73. The number of rotatable bonds is 7. The standard InChI is InChI=1S/C17H24O7S/c1-9(2)15(19)24-14-6-11(5-13(14)18)4-10(3)16(20)22-7-12-8-25-17(21)23-12/h9-12,14H,4-8H2,1-3H3. The van der Waals surface area contributed by atoms with Crippen LogP contribution in [0.2, 0.25) is 0 Å². The van der Waals surface area contributed by atoms with E-state index in [0.29, 0.717) is 25.0 Å². The summed E-state index contributed by atoms with van der Waals surface area (Å²) in [5.41, 5.74) is 0. The Labute approximate surface area is 151 Å². The fraction of sp³-hybridized carbons (Fsp3) is 0.765. The minimum absolute atomic E-state index is 0.000115. The van der Waals surface area contributed by atoms with Crippen LogP contribution >= 0.6 is 11.8 Å². The molecule has 7 nitrogen and oxygen atoms in total. The van der Waals surface area contributed by atoms with Gasteiger partial charge >= 0.3 is 17.2 Å². The highest BCUT2D eigenvalue weighted by Crippen LogP contribution is 2.31. The first kappa shape index (κ1) is 19.8. The van der Waals surface area contributed by atoms with Crippen LogP contribution in [0.15, 0.2) is 0 Å². The Morgan fingerprint density at radius 2 is 1.96 bits per heavy atom. The summed E-state index contributed by atoms with van der Waals surface area (Å²) in [4.78, 5) is 46.6. The zero-order valence-electron chi connectivity index (χ0n) is 14.7. The van der Waals surface area contributed by atoms with Gasteiger partial charge < -0.3 is 14.2 Å². The minimum Gasteiger partial charge on any atom is -0.461 e. The van der Waals surface area contributed by atoms with Gasteiger partial charge in [-0.25, -0.2) is 4.79 Å². The van der Waals surface area contributed by atoms with Crippen molar-refractivity contribution >= 4 is 34.8 Å². The van der Waals surface area contributed by atoms with E-state index in [2.05, 4.69) is 0 Å². The number of ether oxygens (including phenoxy) is 3. The maximum Gasteiger partial charge on any atom is 0.367 e. The summed E-state index contributed by atoms with van der Waals surface area (Å²) in [6, 6.07) is 0. The third-order valence-electron chi connectivity index (χ3n) is 4.28. The highest BCUT2D eigenvalue weighted by molar-refractivity contribution is 8.13. The second kappa shape index (κ2) is 8.69. The molecule has 0 bridgehead atoms. The van der Waals surface area contributed by atoms with Crippen molar-refractivity contribution in [2.75, 3.05) is 12.4 Å². The van der Waals surface area contributed by atoms with Gasteiger partial charge in [-0.05, 0) is 30.5 Å². The molecule has 8 heteroatoms. The topological polar surface area (TPSA) is 96.0 Å². The van der Waals surface area contributed by atoms with Crippen molar-refractivity contribution < 1.29 is 33.4 Å². The minimum atomic E-state index is -0.696. The van der Waals surface area contributed by atoms with Crippen LogP contribution in [0, 0.1) is 17.8 Å². The fourth-order valence-electron chi connectivity index (χ4n) is 2.86. The fourth-order valence-corrected chi connectivity index (χ4v) is 3.55. The van der Waals surface area contributed by atoms with Gasteiger partial charge in [-0.15, -0.1) is 0 Å². The van der Waals surface area contributed by atoms with Gasteiger partial charge in [-0.1, -0.05) is 20.8 Å². The van der Waals surface area contributed by atoms with Crippen LogP contribution < -0.4 is 0 Å². The average molecular weight is 372 g/mol. The lowest BCUT2D eigenvalue weighted by molar-refractivity contribution is -0.156. The van der Waals surface area contributed by atoms with E-state index >= 15 is 0 Å². The molecule has 1 heterocycles. The largest absolute Gasteiger partial charge is 0.461 e. The van der Waals surface area contributed by atoms with Crippen LogP contribution in [-0.2, 0) is 28.6 Å². The Kier molecular flexibility index (Phi) is 6.87. The number of carbonyl (C=O) groups is 4. The van der Waals surface area contributed by atoms with E-state index in [9.17, 15) is 19.2 Å². The Hall–Kier alpha value is -1.57. The van der Waals surface area contributed by atoms with E-state index in [-0.39, 0.29) is 53.5 Å². The number of esters is 2. The van der Waals surface area contributed by atoms with E-state index in [0.717, 1.165) is 11.8 Å². The first-order chi connectivity index (χ1) is 11.8. The summed E-state index contributed by atoms with van der Waals surface area (Å²) >= 11 is 1.07. The lowest BCUT2D eigenvalue weighted by Crippen LogP contribution is -2.25. The molecule has 1 saturated carbocycles. The summed E-state index contributed by atoms with van der Waals surface area (Å²) in [7, 11) is 0. The van der Waals surface area contributed by atoms with Gasteiger partial charge in [0.1, 0.15) is 12.7 Å². The van der Waals surface area contributed by atoms with Gasteiger partial charge in [-0.2, -0.15) is 0 Å². The van der Waals surface area contributed by atoms with Crippen LogP contribution in [-0.4, -0.2) is 47.6 Å². The molecule has 2 fully saturated rings. The molecule has 0 aromatic carbocycles. The highest BCUT2D eigenvalue weighted by atomic mass is 32.2. The van der Waals surface area contributed by atoms with Crippen molar-refractivity contribution in [2.24, 2.45) is 17.8 Å². The predicted molar refractivity (Wildman–Crippen MR) is 89.9 cm³/mol. The predicted octanol–water partition coefficient (Wildman–Crippen LogP) is 2.35. The first-order valence-electron chi connectivity index (χ1n) is 8.49. The van der Waals surface area contributed by atoms with Gasteiger partial charge in [0, 0.05) is 12.2 Å². The number of thioether (sulfide) groups is 1. The van der Waals surface area contributed by atoms with Crippen molar-refractivity contribution in [2.45, 2.75) is 52.2 Å². The smallest absolute Gasteiger partial charge is 0.367 e. The first-order valence-corrected chi connectivity index (χ1v) is 9.48. The molecule has 1 aliphatic carbocycles. The number of cyclic esters (lactones) is 1. The Morgan fingerprint density at radius 1 is 1.24 bits per heavy atom. The van der Waals surface area contributed by atoms with E-state index in [1.54, 1.807) is 20.8 Å². The molecule has 0 radical (unpaired) electrons. The summed E-state index contributed by atoms with van der Waals surface area (Å²) in [5, 5.41) is -0.347. The second-order valence-corrected chi connectivity index (χ2v) is 7.88. The quantitative estimate of drug-likeness (QED) is 0.496. The van der Waals surface area contributed by atoms with E-state index < -0.39 is 6.10 Å². The third kappa shape index (κ3) is 5.73. The zero-order chi connectivity index (χ0) is 18.6. The molecule has 2 rings (SSSR count). The molecule has 1 saturated heterocycles. The molecular weight excluding hydrogens is 348 g/mol. The van der Waals surface area contributed by atoms with Crippen molar-refractivity contribution in [1.29, 1.82) is 0 Å². The van der Waals surface area contributed by atoms with E-state index in [1.807, 2.05) is 0 Å². The normalized spacial score (nSPS) is 27.3. The van der Waals surface area contributed by atoms with Gasteiger partial charge in [0.05, 0.1) is 11.8 Å². The van der Waals surface area contributed by atoms with Crippen LogP contribution in [0.5, 0.6) is 0 Å².